The summed E-state index contributed by atoms with van der Waals surface area (Å²) in [5, 5.41) is 0. The Kier molecular flexibility index (Phi) is 12.2. The molecule has 0 aromatic carbocycles. The van der Waals surface area contributed by atoms with E-state index in [1.54, 1.807) is 6.92 Å². The zero-order chi connectivity index (χ0) is 22.0. The van der Waals surface area contributed by atoms with Crippen molar-refractivity contribution < 1.29 is 46.4 Å². The van der Waals surface area contributed by atoms with Crippen molar-refractivity contribution in [3.8, 4) is 0 Å². The Balaban J connectivity index is 4.42. The van der Waals surface area contributed by atoms with Crippen LogP contribution in [0.1, 0.15) is 53.4 Å². The van der Waals surface area contributed by atoms with Gasteiger partial charge in [0.15, 0.2) is 0 Å². The van der Waals surface area contributed by atoms with Crippen LogP contribution >= 0.6 is 23.5 Å². The van der Waals surface area contributed by atoms with E-state index in [9.17, 15) is 18.6 Å². The number of hydrogen-bond acceptors (Lipinski definition) is 6. The number of phosphoric acid groups is 3. The Bertz CT molecular complexity index is 730. The Labute approximate surface area is 165 Å². The quantitative estimate of drug-likeness (QED) is 0.222. The van der Waals surface area contributed by atoms with Gasteiger partial charge in [0.2, 0.25) is 0 Å². The second kappa shape index (κ2) is 12.4. The number of hydrogen-bond donors (Lipinski definition) is 4. The van der Waals surface area contributed by atoms with Crippen LogP contribution in [0.2, 0.25) is 0 Å². The SMILES string of the molecule is CC(C)=CCCC(C)=CCCC(C)=CCOP(=O)(O)OP(=O)(O)OP(=O)(O)O. The van der Waals surface area contributed by atoms with Crippen molar-refractivity contribution in [3.05, 3.63) is 34.9 Å². The Morgan fingerprint density at radius 1 is 0.750 bits per heavy atom. The average Bonchev–Trinajstić information content (AvgIpc) is 2.42. The Morgan fingerprint density at radius 2 is 1.25 bits per heavy atom. The molecule has 0 rings (SSSR count). The molecule has 0 heterocycles. The van der Waals surface area contributed by atoms with Gasteiger partial charge in [-0.2, -0.15) is 8.62 Å². The normalized spacial score (nSPS) is 17.7. The standard InChI is InChI=1S/C15H29O10P3/c1-13(2)7-5-8-14(3)9-6-10-15(4)11-12-23-27(19,20)25-28(21,22)24-26(16,17)18/h7,9,11H,5-6,8,10,12H2,1-4H3,(H,19,20)(H,21,22)(H2,16,17,18). The number of phosphoric ester groups is 1. The molecular formula is C15H29O10P3. The van der Waals surface area contributed by atoms with E-state index >= 15 is 0 Å². The molecule has 0 aliphatic heterocycles. The molecule has 0 fully saturated rings. The summed E-state index contributed by atoms with van der Waals surface area (Å²) in [6.45, 7) is 7.53. The van der Waals surface area contributed by atoms with E-state index in [0.717, 1.165) is 24.8 Å². The average molecular weight is 462 g/mol. The van der Waals surface area contributed by atoms with Crippen LogP contribution in [0.4, 0.5) is 0 Å². The summed E-state index contributed by atoms with van der Waals surface area (Å²) < 4.78 is 45.0. The molecule has 0 aliphatic rings. The highest BCUT2D eigenvalue weighted by Gasteiger charge is 2.40. The summed E-state index contributed by atoms with van der Waals surface area (Å²) in [7, 11) is -15.9. The molecule has 0 bridgehead atoms. The van der Waals surface area contributed by atoms with Crippen LogP contribution in [-0.4, -0.2) is 26.2 Å². The lowest BCUT2D eigenvalue weighted by atomic mass is 10.1. The van der Waals surface area contributed by atoms with E-state index in [1.165, 1.54) is 17.2 Å². The molecule has 4 N–H and O–H groups in total. The van der Waals surface area contributed by atoms with Crippen LogP contribution in [0.5, 0.6) is 0 Å². The molecule has 0 spiro atoms. The van der Waals surface area contributed by atoms with Gasteiger partial charge in [0.25, 0.3) is 0 Å². The predicted molar refractivity (Wildman–Crippen MR) is 105 cm³/mol. The van der Waals surface area contributed by atoms with Gasteiger partial charge in [0, 0.05) is 0 Å². The fraction of sp³-hybridized carbons (Fsp3) is 0.600. The molecule has 0 aromatic rings. The maximum atomic E-state index is 11.6. The molecule has 164 valence electrons. The van der Waals surface area contributed by atoms with Crippen LogP contribution in [-0.2, 0) is 26.8 Å². The minimum Gasteiger partial charge on any atom is -0.302 e. The van der Waals surface area contributed by atoms with Gasteiger partial charge in [-0.3, -0.25) is 4.52 Å². The zero-order valence-corrected chi connectivity index (χ0v) is 19.0. The first-order valence-corrected chi connectivity index (χ1v) is 12.9. The summed E-state index contributed by atoms with van der Waals surface area (Å²) in [6, 6.07) is 0. The number of allylic oxidation sites excluding steroid dienone is 5. The van der Waals surface area contributed by atoms with E-state index in [1.807, 2.05) is 6.92 Å². The summed E-state index contributed by atoms with van der Waals surface area (Å²) in [4.78, 5) is 35.2. The van der Waals surface area contributed by atoms with Crippen molar-refractivity contribution in [1.29, 1.82) is 0 Å². The van der Waals surface area contributed by atoms with Crippen LogP contribution in [0, 0.1) is 0 Å². The van der Waals surface area contributed by atoms with Gasteiger partial charge in [-0.05, 0) is 53.4 Å². The fourth-order valence-electron chi connectivity index (χ4n) is 1.92. The maximum absolute atomic E-state index is 11.6. The summed E-state index contributed by atoms with van der Waals surface area (Å²) in [5.74, 6) is 0. The summed E-state index contributed by atoms with van der Waals surface area (Å²) in [5.41, 5.74) is 3.40. The van der Waals surface area contributed by atoms with Crippen LogP contribution in [0.15, 0.2) is 34.9 Å². The minimum absolute atomic E-state index is 0.404. The zero-order valence-electron chi connectivity index (χ0n) is 16.3. The van der Waals surface area contributed by atoms with E-state index in [2.05, 4.69) is 39.1 Å². The monoisotopic (exact) mass is 462 g/mol. The first-order chi connectivity index (χ1) is 12.6. The molecule has 0 saturated carbocycles. The summed E-state index contributed by atoms with van der Waals surface area (Å²) in [6.07, 6.45) is 9.19. The number of rotatable bonds is 13. The van der Waals surface area contributed by atoms with Crippen molar-refractivity contribution >= 4 is 23.5 Å². The first kappa shape index (κ1) is 27.6. The van der Waals surface area contributed by atoms with E-state index in [0.29, 0.717) is 6.42 Å². The van der Waals surface area contributed by atoms with Gasteiger partial charge in [0.1, 0.15) is 0 Å². The molecule has 10 nitrogen and oxygen atoms in total. The Morgan fingerprint density at radius 3 is 1.75 bits per heavy atom. The first-order valence-electron chi connectivity index (χ1n) is 8.35. The van der Waals surface area contributed by atoms with Gasteiger partial charge in [-0.15, -0.1) is 0 Å². The molecule has 28 heavy (non-hydrogen) atoms. The summed E-state index contributed by atoms with van der Waals surface area (Å²) >= 11 is 0. The van der Waals surface area contributed by atoms with Crippen molar-refractivity contribution in [3.63, 3.8) is 0 Å². The molecule has 0 aliphatic carbocycles. The third kappa shape index (κ3) is 16.6. The maximum Gasteiger partial charge on any atom is 0.490 e. The van der Waals surface area contributed by atoms with Crippen LogP contribution in [0.3, 0.4) is 0 Å². The lowest BCUT2D eigenvalue weighted by Crippen LogP contribution is -1.97. The highest BCUT2D eigenvalue weighted by molar-refractivity contribution is 7.66. The van der Waals surface area contributed by atoms with Gasteiger partial charge in [-0.1, -0.05) is 34.9 Å². The molecule has 0 amide bonds. The molecule has 0 aromatic heterocycles. The topological polar surface area (TPSA) is 160 Å². The third-order valence-corrected chi connectivity index (χ3v) is 7.01. The van der Waals surface area contributed by atoms with Gasteiger partial charge in [0.05, 0.1) is 6.61 Å². The largest absolute Gasteiger partial charge is 0.490 e. The molecule has 2 unspecified atom stereocenters. The second-order valence-electron chi connectivity index (χ2n) is 6.35. The third-order valence-electron chi connectivity index (χ3n) is 3.21. The lowest BCUT2D eigenvalue weighted by Gasteiger charge is -2.15. The molecule has 2 atom stereocenters. The lowest BCUT2D eigenvalue weighted by molar-refractivity contribution is 0.182. The molecule has 13 heteroatoms. The molecule has 0 radical (unpaired) electrons. The smallest absolute Gasteiger partial charge is 0.302 e. The second-order valence-corrected chi connectivity index (χ2v) is 10.8. The Hall–Kier alpha value is -0.370. The van der Waals surface area contributed by atoms with Crippen LogP contribution in [0.25, 0.3) is 0 Å². The molecule has 0 saturated heterocycles. The fourth-order valence-corrected chi connectivity index (χ4v) is 4.87. The van der Waals surface area contributed by atoms with Crippen molar-refractivity contribution in [2.45, 2.75) is 53.4 Å². The van der Waals surface area contributed by atoms with E-state index in [-0.39, 0.29) is 0 Å². The highest BCUT2D eigenvalue weighted by atomic mass is 31.3. The van der Waals surface area contributed by atoms with Gasteiger partial charge < -0.3 is 19.6 Å². The van der Waals surface area contributed by atoms with Crippen molar-refractivity contribution in [2.75, 3.05) is 6.61 Å². The van der Waals surface area contributed by atoms with Gasteiger partial charge >= 0.3 is 23.5 Å². The minimum atomic E-state index is -5.48. The van der Waals surface area contributed by atoms with Crippen molar-refractivity contribution in [2.24, 2.45) is 0 Å². The van der Waals surface area contributed by atoms with E-state index in [4.69, 9.17) is 14.7 Å². The van der Waals surface area contributed by atoms with E-state index < -0.39 is 30.1 Å². The highest BCUT2D eigenvalue weighted by Crippen LogP contribution is 2.66. The van der Waals surface area contributed by atoms with Crippen molar-refractivity contribution in [1.82, 2.24) is 0 Å². The molecular weight excluding hydrogens is 433 g/mol. The van der Waals surface area contributed by atoms with Gasteiger partial charge in [-0.25, -0.2) is 13.7 Å². The van der Waals surface area contributed by atoms with Crippen LogP contribution < -0.4 is 0 Å². The predicted octanol–water partition coefficient (Wildman–Crippen LogP) is 4.75.